The van der Waals surface area contributed by atoms with Crippen molar-refractivity contribution in [1.29, 1.82) is 0 Å². The lowest BCUT2D eigenvalue weighted by Gasteiger charge is -2.06. The van der Waals surface area contributed by atoms with Crippen LogP contribution in [0.1, 0.15) is 16.7 Å². The Morgan fingerprint density at radius 3 is 2.33 bits per heavy atom. The van der Waals surface area contributed by atoms with E-state index in [0.717, 1.165) is 16.9 Å². The Morgan fingerprint density at radius 1 is 1.05 bits per heavy atom. The minimum absolute atomic E-state index is 0.0655. The molecule has 5 heteroatoms. The van der Waals surface area contributed by atoms with Gasteiger partial charge in [-0.15, -0.1) is 5.10 Å². The Kier molecular flexibility index (Phi) is 4.93. The van der Waals surface area contributed by atoms with Crippen molar-refractivity contribution in [3.05, 3.63) is 65.2 Å². The molecule has 0 amide bonds. The Hall–Kier alpha value is -2.82. The van der Waals surface area contributed by atoms with Crippen molar-refractivity contribution in [2.75, 3.05) is 0 Å². The van der Waals surface area contributed by atoms with Gasteiger partial charge < -0.3 is 16.2 Å². The first kappa shape index (κ1) is 14.6. The highest BCUT2D eigenvalue weighted by molar-refractivity contribution is 5.81. The molecular weight excluding hydrogens is 264 g/mol. The van der Waals surface area contributed by atoms with Crippen LogP contribution in [0.3, 0.4) is 0 Å². The molecule has 0 aliphatic carbocycles. The highest BCUT2D eigenvalue weighted by Gasteiger charge is 1.96. The highest BCUT2D eigenvalue weighted by Crippen LogP contribution is 2.14. The summed E-state index contributed by atoms with van der Waals surface area (Å²) in [6.07, 6.45) is 1.57. The molecule has 2 aromatic carbocycles. The lowest BCUT2D eigenvalue weighted by Crippen LogP contribution is -2.21. The number of nitrogens with two attached hydrogens (primary N) is 2. The number of rotatable bonds is 5. The first-order valence-electron chi connectivity index (χ1n) is 6.54. The average Bonchev–Trinajstić information content (AvgIpc) is 2.48. The van der Waals surface area contributed by atoms with Gasteiger partial charge in [0.25, 0.3) is 0 Å². The van der Waals surface area contributed by atoms with Crippen LogP contribution in [0.25, 0.3) is 0 Å². The summed E-state index contributed by atoms with van der Waals surface area (Å²) >= 11 is 0. The van der Waals surface area contributed by atoms with E-state index >= 15 is 0 Å². The largest absolute Gasteiger partial charge is 0.489 e. The molecule has 0 fully saturated rings. The Balaban J connectivity index is 1.91. The fraction of sp³-hybridized carbons (Fsp3) is 0.125. The summed E-state index contributed by atoms with van der Waals surface area (Å²) in [5, 5.41) is 7.28. The molecule has 0 spiro atoms. The quantitative estimate of drug-likeness (QED) is 0.500. The monoisotopic (exact) mass is 282 g/mol. The van der Waals surface area contributed by atoms with Crippen LogP contribution in [0.4, 0.5) is 0 Å². The predicted molar refractivity (Wildman–Crippen MR) is 85.4 cm³/mol. The zero-order chi connectivity index (χ0) is 15.1. The van der Waals surface area contributed by atoms with Crippen LogP contribution in [0.15, 0.2) is 58.7 Å². The molecule has 0 heterocycles. The molecule has 0 unspecified atom stereocenters. The number of hydrogen-bond acceptors (Lipinski definition) is 3. The van der Waals surface area contributed by atoms with E-state index in [9.17, 15) is 0 Å². The third-order valence-corrected chi connectivity index (χ3v) is 2.79. The van der Waals surface area contributed by atoms with E-state index in [4.69, 9.17) is 16.2 Å². The minimum Gasteiger partial charge on any atom is -0.489 e. The smallest absolute Gasteiger partial charge is 0.211 e. The minimum atomic E-state index is -0.0655. The van der Waals surface area contributed by atoms with Crippen LogP contribution in [-0.4, -0.2) is 12.2 Å². The maximum absolute atomic E-state index is 5.72. The van der Waals surface area contributed by atoms with Gasteiger partial charge in [-0.05, 0) is 42.3 Å². The number of hydrogen-bond donors (Lipinski definition) is 2. The van der Waals surface area contributed by atoms with Crippen molar-refractivity contribution in [2.24, 2.45) is 21.7 Å². The van der Waals surface area contributed by atoms with Gasteiger partial charge in [0.05, 0.1) is 6.21 Å². The van der Waals surface area contributed by atoms with Crippen molar-refractivity contribution in [2.45, 2.75) is 13.5 Å². The van der Waals surface area contributed by atoms with Gasteiger partial charge in [-0.1, -0.05) is 29.8 Å². The number of benzene rings is 2. The van der Waals surface area contributed by atoms with Crippen molar-refractivity contribution >= 4 is 12.2 Å². The first-order chi connectivity index (χ1) is 10.1. The molecule has 21 heavy (non-hydrogen) atoms. The summed E-state index contributed by atoms with van der Waals surface area (Å²) in [5.74, 6) is 0.735. The van der Waals surface area contributed by atoms with E-state index in [-0.39, 0.29) is 5.96 Å². The molecule has 108 valence electrons. The molecule has 0 aliphatic heterocycles. The van der Waals surface area contributed by atoms with Gasteiger partial charge in [0, 0.05) is 0 Å². The Bertz CT molecular complexity index is 626. The van der Waals surface area contributed by atoms with Gasteiger partial charge in [-0.2, -0.15) is 5.10 Å². The second kappa shape index (κ2) is 7.09. The molecule has 4 N–H and O–H groups in total. The second-order valence-corrected chi connectivity index (χ2v) is 4.61. The lowest BCUT2D eigenvalue weighted by atomic mass is 10.2. The summed E-state index contributed by atoms with van der Waals surface area (Å²) in [6, 6.07) is 15.8. The van der Waals surface area contributed by atoms with E-state index in [1.807, 2.05) is 24.3 Å². The van der Waals surface area contributed by atoms with Crippen LogP contribution in [-0.2, 0) is 6.61 Å². The number of ether oxygens (including phenoxy) is 1. The Morgan fingerprint density at radius 2 is 1.71 bits per heavy atom. The summed E-state index contributed by atoms with van der Waals surface area (Å²) in [7, 11) is 0. The van der Waals surface area contributed by atoms with E-state index in [1.165, 1.54) is 5.56 Å². The molecule has 2 aromatic rings. The Labute approximate surface area is 124 Å². The van der Waals surface area contributed by atoms with Crippen LogP contribution < -0.4 is 16.2 Å². The molecule has 5 nitrogen and oxygen atoms in total. The van der Waals surface area contributed by atoms with Gasteiger partial charge >= 0.3 is 0 Å². The van der Waals surface area contributed by atoms with Crippen LogP contribution in [0, 0.1) is 6.92 Å². The van der Waals surface area contributed by atoms with Gasteiger partial charge in [0.15, 0.2) is 0 Å². The topological polar surface area (TPSA) is 86.0 Å². The van der Waals surface area contributed by atoms with E-state index < -0.39 is 0 Å². The normalized spacial score (nSPS) is 10.5. The second-order valence-electron chi connectivity index (χ2n) is 4.61. The maximum atomic E-state index is 5.72. The van der Waals surface area contributed by atoms with Crippen LogP contribution >= 0.6 is 0 Å². The van der Waals surface area contributed by atoms with Crippen LogP contribution in [0.5, 0.6) is 5.75 Å². The molecular formula is C16H18N4O. The van der Waals surface area contributed by atoms with Crippen molar-refractivity contribution in [3.8, 4) is 5.75 Å². The predicted octanol–water partition coefficient (Wildman–Crippen LogP) is 2.18. The van der Waals surface area contributed by atoms with E-state index in [1.54, 1.807) is 6.21 Å². The third kappa shape index (κ3) is 4.99. The molecule has 0 saturated carbocycles. The molecule has 0 saturated heterocycles. The molecule has 0 aliphatic rings. The number of guanidine groups is 1. The molecule has 0 bridgehead atoms. The molecule has 0 radical (unpaired) electrons. The molecule has 2 rings (SSSR count). The van der Waals surface area contributed by atoms with Gasteiger partial charge in [0.2, 0.25) is 5.96 Å². The van der Waals surface area contributed by atoms with Crippen molar-refractivity contribution < 1.29 is 4.74 Å². The average molecular weight is 282 g/mol. The van der Waals surface area contributed by atoms with E-state index in [0.29, 0.717) is 6.61 Å². The summed E-state index contributed by atoms with van der Waals surface area (Å²) in [5.41, 5.74) is 13.6. The fourth-order valence-corrected chi connectivity index (χ4v) is 1.66. The number of aryl methyl sites for hydroxylation is 1. The molecule has 0 atom stereocenters. The van der Waals surface area contributed by atoms with Gasteiger partial charge in [-0.3, -0.25) is 0 Å². The zero-order valence-corrected chi connectivity index (χ0v) is 11.9. The van der Waals surface area contributed by atoms with E-state index in [2.05, 4.69) is 41.4 Å². The maximum Gasteiger partial charge on any atom is 0.211 e. The lowest BCUT2D eigenvalue weighted by molar-refractivity contribution is 0.306. The number of nitrogens with zero attached hydrogens (tertiary/aromatic N) is 2. The summed E-state index contributed by atoms with van der Waals surface area (Å²) < 4.78 is 5.72. The summed E-state index contributed by atoms with van der Waals surface area (Å²) in [4.78, 5) is 0. The highest BCUT2D eigenvalue weighted by atomic mass is 16.5. The van der Waals surface area contributed by atoms with Crippen LogP contribution in [0.2, 0.25) is 0 Å². The third-order valence-electron chi connectivity index (χ3n) is 2.79. The summed E-state index contributed by atoms with van der Waals surface area (Å²) in [6.45, 7) is 2.61. The first-order valence-corrected chi connectivity index (χ1v) is 6.54. The van der Waals surface area contributed by atoms with Crippen molar-refractivity contribution in [3.63, 3.8) is 0 Å². The SMILES string of the molecule is Cc1ccc(COc2ccc(/C=N/N=C(N)N)cc2)cc1. The molecule has 0 aromatic heterocycles. The standard InChI is InChI=1S/C16H18N4O/c1-12-2-4-14(5-3-12)11-21-15-8-6-13(7-9-15)10-19-20-16(17)18/h2-10H,11H2,1H3,(H4,17,18,20)/b19-10+. The van der Waals surface area contributed by atoms with Gasteiger partial charge in [0.1, 0.15) is 12.4 Å². The fourth-order valence-electron chi connectivity index (χ4n) is 1.66. The zero-order valence-electron chi connectivity index (χ0n) is 11.9. The van der Waals surface area contributed by atoms with Crippen molar-refractivity contribution in [1.82, 2.24) is 0 Å². The van der Waals surface area contributed by atoms with Gasteiger partial charge in [-0.25, -0.2) is 0 Å².